The van der Waals surface area contributed by atoms with E-state index in [1.54, 1.807) is 6.07 Å². The average Bonchev–Trinajstić information content (AvgIpc) is 2.46. The zero-order valence-corrected chi connectivity index (χ0v) is 13.0. The Morgan fingerprint density at radius 1 is 1.33 bits per heavy atom. The molecule has 0 aromatic heterocycles. The fourth-order valence-corrected chi connectivity index (χ4v) is 1.96. The SMILES string of the molecule is CCNC(=O)c1ccc([N+](=O)[O-])c(NC(C)C(C)CC)c1. The van der Waals surface area contributed by atoms with Crippen molar-refractivity contribution >= 4 is 17.3 Å². The molecule has 0 saturated heterocycles. The highest BCUT2D eigenvalue weighted by Gasteiger charge is 2.19. The Morgan fingerprint density at radius 2 is 2.00 bits per heavy atom. The molecule has 0 fully saturated rings. The van der Waals surface area contributed by atoms with Crippen LogP contribution in [0.1, 0.15) is 44.5 Å². The van der Waals surface area contributed by atoms with E-state index in [0.717, 1.165) is 6.42 Å². The first-order valence-electron chi connectivity index (χ1n) is 7.23. The molecule has 0 aliphatic heterocycles. The van der Waals surface area contributed by atoms with Gasteiger partial charge in [-0.25, -0.2) is 0 Å². The maximum Gasteiger partial charge on any atom is 0.292 e. The monoisotopic (exact) mass is 293 g/mol. The molecule has 1 amide bonds. The smallest absolute Gasteiger partial charge is 0.292 e. The molecule has 1 aromatic rings. The number of anilines is 1. The Bertz CT molecular complexity index is 517. The number of hydrogen-bond donors (Lipinski definition) is 2. The van der Waals surface area contributed by atoms with Gasteiger partial charge in [-0.2, -0.15) is 0 Å². The molecule has 0 heterocycles. The summed E-state index contributed by atoms with van der Waals surface area (Å²) in [5, 5.41) is 17.0. The maximum absolute atomic E-state index is 11.8. The lowest BCUT2D eigenvalue weighted by Gasteiger charge is -2.21. The minimum atomic E-state index is -0.437. The third-order valence-corrected chi connectivity index (χ3v) is 3.67. The maximum atomic E-state index is 11.8. The Balaban J connectivity index is 3.09. The molecule has 0 radical (unpaired) electrons. The van der Waals surface area contributed by atoms with E-state index in [4.69, 9.17) is 0 Å². The summed E-state index contributed by atoms with van der Waals surface area (Å²) in [6.45, 7) is 8.48. The number of rotatable bonds is 7. The van der Waals surface area contributed by atoms with Gasteiger partial charge >= 0.3 is 0 Å². The van der Waals surface area contributed by atoms with Crippen molar-refractivity contribution in [1.29, 1.82) is 0 Å². The van der Waals surface area contributed by atoms with E-state index in [0.29, 0.717) is 23.7 Å². The van der Waals surface area contributed by atoms with Gasteiger partial charge in [-0.3, -0.25) is 14.9 Å². The van der Waals surface area contributed by atoms with Gasteiger partial charge in [0.15, 0.2) is 0 Å². The summed E-state index contributed by atoms with van der Waals surface area (Å²) in [6, 6.07) is 4.47. The molecule has 0 bridgehead atoms. The number of nitro benzene ring substituents is 1. The van der Waals surface area contributed by atoms with Crippen LogP contribution in [0.3, 0.4) is 0 Å². The summed E-state index contributed by atoms with van der Waals surface area (Å²) in [5.41, 5.74) is 0.788. The number of carbonyl (C=O) groups excluding carboxylic acids is 1. The van der Waals surface area contributed by atoms with E-state index in [9.17, 15) is 14.9 Å². The third kappa shape index (κ3) is 4.44. The Labute approximate surface area is 125 Å². The largest absolute Gasteiger partial charge is 0.377 e. The number of nitrogens with zero attached hydrogens (tertiary/aromatic N) is 1. The van der Waals surface area contributed by atoms with Crippen molar-refractivity contribution in [2.45, 2.75) is 40.2 Å². The highest BCUT2D eigenvalue weighted by atomic mass is 16.6. The molecular formula is C15H23N3O3. The summed E-state index contributed by atoms with van der Waals surface area (Å²) in [5.74, 6) is 0.143. The average molecular weight is 293 g/mol. The molecule has 0 aliphatic rings. The first kappa shape index (κ1) is 16.9. The van der Waals surface area contributed by atoms with Gasteiger partial charge < -0.3 is 10.6 Å². The number of nitrogens with one attached hydrogen (secondary N) is 2. The van der Waals surface area contributed by atoms with Crippen molar-refractivity contribution in [1.82, 2.24) is 5.32 Å². The lowest BCUT2D eigenvalue weighted by Crippen LogP contribution is -2.25. The van der Waals surface area contributed by atoms with E-state index in [2.05, 4.69) is 24.5 Å². The molecule has 0 spiro atoms. The second kappa shape index (κ2) is 7.61. The molecule has 21 heavy (non-hydrogen) atoms. The number of nitro groups is 1. The van der Waals surface area contributed by atoms with Gasteiger partial charge in [-0.05, 0) is 31.9 Å². The zero-order valence-electron chi connectivity index (χ0n) is 13.0. The van der Waals surface area contributed by atoms with E-state index in [1.165, 1.54) is 12.1 Å². The van der Waals surface area contributed by atoms with E-state index < -0.39 is 4.92 Å². The van der Waals surface area contributed by atoms with E-state index >= 15 is 0 Å². The van der Waals surface area contributed by atoms with Crippen molar-refractivity contribution in [2.24, 2.45) is 5.92 Å². The lowest BCUT2D eigenvalue weighted by atomic mass is 10.0. The van der Waals surface area contributed by atoms with Crippen LogP contribution in [-0.2, 0) is 0 Å². The van der Waals surface area contributed by atoms with Crippen molar-refractivity contribution < 1.29 is 9.72 Å². The van der Waals surface area contributed by atoms with Crippen LogP contribution in [0.5, 0.6) is 0 Å². The summed E-state index contributed by atoms with van der Waals surface area (Å²) in [6.07, 6.45) is 0.970. The minimum Gasteiger partial charge on any atom is -0.377 e. The highest BCUT2D eigenvalue weighted by Crippen LogP contribution is 2.27. The Kier molecular flexibility index (Phi) is 6.14. The van der Waals surface area contributed by atoms with Gasteiger partial charge in [0.2, 0.25) is 0 Å². The van der Waals surface area contributed by atoms with Gasteiger partial charge in [0.1, 0.15) is 5.69 Å². The van der Waals surface area contributed by atoms with Crippen LogP contribution in [0.2, 0.25) is 0 Å². The second-order valence-electron chi connectivity index (χ2n) is 5.17. The van der Waals surface area contributed by atoms with Crippen LogP contribution in [0.4, 0.5) is 11.4 Å². The van der Waals surface area contributed by atoms with Crippen molar-refractivity contribution in [3.8, 4) is 0 Å². The molecule has 6 heteroatoms. The number of hydrogen-bond acceptors (Lipinski definition) is 4. The summed E-state index contributed by atoms with van der Waals surface area (Å²) in [7, 11) is 0. The molecule has 2 unspecified atom stereocenters. The molecule has 2 atom stereocenters. The summed E-state index contributed by atoms with van der Waals surface area (Å²) in [4.78, 5) is 22.5. The van der Waals surface area contributed by atoms with Crippen LogP contribution in [-0.4, -0.2) is 23.4 Å². The van der Waals surface area contributed by atoms with Gasteiger partial charge in [-0.15, -0.1) is 0 Å². The van der Waals surface area contributed by atoms with Gasteiger partial charge in [0.25, 0.3) is 11.6 Å². The summed E-state index contributed by atoms with van der Waals surface area (Å²) >= 11 is 0. The van der Waals surface area contributed by atoms with Crippen molar-refractivity contribution in [2.75, 3.05) is 11.9 Å². The van der Waals surface area contributed by atoms with Crippen LogP contribution < -0.4 is 10.6 Å². The number of amides is 1. The third-order valence-electron chi connectivity index (χ3n) is 3.67. The van der Waals surface area contributed by atoms with Crippen LogP contribution >= 0.6 is 0 Å². The molecule has 6 nitrogen and oxygen atoms in total. The van der Waals surface area contributed by atoms with Crippen LogP contribution in [0.15, 0.2) is 18.2 Å². The Morgan fingerprint density at radius 3 is 2.52 bits per heavy atom. The topological polar surface area (TPSA) is 84.3 Å². The molecule has 1 rings (SSSR count). The normalized spacial score (nSPS) is 13.3. The first-order valence-corrected chi connectivity index (χ1v) is 7.23. The molecule has 1 aromatic carbocycles. The predicted octanol–water partition coefficient (Wildman–Crippen LogP) is 3.19. The second-order valence-corrected chi connectivity index (χ2v) is 5.17. The van der Waals surface area contributed by atoms with Crippen LogP contribution in [0.25, 0.3) is 0 Å². The molecule has 116 valence electrons. The Hall–Kier alpha value is -2.11. The van der Waals surface area contributed by atoms with Gasteiger partial charge in [0.05, 0.1) is 4.92 Å². The van der Waals surface area contributed by atoms with Crippen molar-refractivity contribution in [3.05, 3.63) is 33.9 Å². The quantitative estimate of drug-likeness (QED) is 0.597. The van der Waals surface area contributed by atoms with Gasteiger partial charge in [-0.1, -0.05) is 20.3 Å². The minimum absolute atomic E-state index is 0.0156. The number of benzene rings is 1. The molecule has 0 saturated carbocycles. The fourth-order valence-electron chi connectivity index (χ4n) is 1.96. The molecule has 0 aliphatic carbocycles. The summed E-state index contributed by atoms with van der Waals surface area (Å²) < 4.78 is 0. The standard InChI is InChI=1S/C15H23N3O3/c1-5-10(3)11(4)17-13-9-12(15(19)16-6-2)7-8-14(13)18(20)21/h7-11,17H,5-6H2,1-4H3,(H,16,19). The highest BCUT2D eigenvalue weighted by molar-refractivity contribution is 5.95. The zero-order chi connectivity index (χ0) is 16.0. The van der Waals surface area contributed by atoms with E-state index in [-0.39, 0.29) is 17.6 Å². The lowest BCUT2D eigenvalue weighted by molar-refractivity contribution is -0.384. The molecular weight excluding hydrogens is 270 g/mol. The van der Waals surface area contributed by atoms with Crippen LogP contribution in [0, 0.1) is 16.0 Å². The predicted molar refractivity (Wildman–Crippen MR) is 83.6 cm³/mol. The van der Waals surface area contributed by atoms with Crippen molar-refractivity contribution in [3.63, 3.8) is 0 Å². The molecule has 2 N–H and O–H groups in total. The first-order chi connectivity index (χ1) is 9.90. The fraction of sp³-hybridized carbons (Fsp3) is 0.533. The van der Waals surface area contributed by atoms with E-state index in [1.807, 2.05) is 13.8 Å². The number of carbonyl (C=O) groups is 1. The van der Waals surface area contributed by atoms with Gasteiger partial charge in [0, 0.05) is 24.2 Å².